The van der Waals surface area contributed by atoms with Crippen LogP contribution in [0.3, 0.4) is 0 Å². The Hall–Kier alpha value is -1.58. The van der Waals surface area contributed by atoms with Crippen LogP contribution < -0.4 is 5.32 Å². The quantitative estimate of drug-likeness (QED) is 0.766. The van der Waals surface area contributed by atoms with E-state index in [4.69, 9.17) is 0 Å². The van der Waals surface area contributed by atoms with E-state index in [9.17, 15) is 4.79 Å². The second kappa shape index (κ2) is 4.60. The van der Waals surface area contributed by atoms with Crippen LogP contribution in [-0.2, 0) is 6.54 Å². The van der Waals surface area contributed by atoms with Crippen molar-refractivity contribution in [1.82, 2.24) is 15.2 Å². The first-order chi connectivity index (χ1) is 6.59. The number of aryl methyl sites for hydroxylation is 1. The highest BCUT2D eigenvalue weighted by atomic mass is 16.2. The number of nitrogens with zero attached hydrogens (tertiary/aromatic N) is 2. The molecule has 0 radical (unpaired) electrons. The van der Waals surface area contributed by atoms with Crippen LogP contribution in [0.4, 0.5) is 4.79 Å². The highest BCUT2D eigenvalue weighted by Gasteiger charge is 2.02. The van der Waals surface area contributed by atoms with Crippen molar-refractivity contribution in [3.8, 4) is 0 Å². The van der Waals surface area contributed by atoms with Gasteiger partial charge in [0.05, 0.1) is 12.2 Å². The van der Waals surface area contributed by atoms with E-state index in [-0.39, 0.29) is 6.03 Å². The number of pyridine rings is 1. The first-order valence-corrected chi connectivity index (χ1v) is 4.46. The summed E-state index contributed by atoms with van der Waals surface area (Å²) >= 11 is 0. The van der Waals surface area contributed by atoms with E-state index < -0.39 is 0 Å². The van der Waals surface area contributed by atoms with Gasteiger partial charge in [0.1, 0.15) is 0 Å². The summed E-state index contributed by atoms with van der Waals surface area (Å²) in [6.45, 7) is 2.47. The number of aromatic nitrogens is 1. The first kappa shape index (κ1) is 10.5. The van der Waals surface area contributed by atoms with Crippen LogP contribution in [0, 0.1) is 6.92 Å². The maximum Gasteiger partial charge on any atom is 0.317 e. The lowest BCUT2D eigenvalue weighted by Crippen LogP contribution is -2.34. The molecular weight excluding hydrogens is 178 g/mol. The Morgan fingerprint density at radius 2 is 2.29 bits per heavy atom. The summed E-state index contributed by atoms with van der Waals surface area (Å²) in [4.78, 5) is 16.8. The molecule has 0 atom stereocenters. The first-order valence-electron chi connectivity index (χ1n) is 4.46. The van der Waals surface area contributed by atoms with Crippen LogP contribution >= 0.6 is 0 Å². The molecule has 0 aliphatic heterocycles. The fraction of sp³-hybridized carbons (Fsp3) is 0.400. The molecular formula is C10H15N3O. The third-order valence-electron chi connectivity index (χ3n) is 1.80. The second-order valence-electron chi connectivity index (χ2n) is 3.38. The lowest BCUT2D eigenvalue weighted by atomic mass is 10.2. The van der Waals surface area contributed by atoms with Gasteiger partial charge in [-0.15, -0.1) is 0 Å². The van der Waals surface area contributed by atoms with Gasteiger partial charge in [-0.1, -0.05) is 0 Å². The molecule has 14 heavy (non-hydrogen) atoms. The van der Waals surface area contributed by atoms with Gasteiger partial charge in [0, 0.05) is 20.3 Å². The molecule has 0 aliphatic carbocycles. The summed E-state index contributed by atoms with van der Waals surface area (Å²) in [5.41, 5.74) is 2.02. The molecule has 1 rings (SSSR count). The number of hydrogen-bond donors (Lipinski definition) is 1. The minimum Gasteiger partial charge on any atom is -0.332 e. The molecule has 1 aromatic rings. The van der Waals surface area contributed by atoms with E-state index in [0.717, 1.165) is 11.3 Å². The second-order valence-corrected chi connectivity index (χ2v) is 3.38. The van der Waals surface area contributed by atoms with Crippen molar-refractivity contribution in [2.24, 2.45) is 0 Å². The van der Waals surface area contributed by atoms with Crippen LogP contribution in [-0.4, -0.2) is 30.0 Å². The van der Waals surface area contributed by atoms with E-state index in [1.807, 2.05) is 19.1 Å². The summed E-state index contributed by atoms with van der Waals surface area (Å²) < 4.78 is 0. The molecule has 0 fully saturated rings. The lowest BCUT2D eigenvalue weighted by Gasteiger charge is -2.11. The summed E-state index contributed by atoms with van der Waals surface area (Å²) in [5, 5.41) is 2.75. The fourth-order valence-electron chi connectivity index (χ4n) is 1.02. The molecule has 0 aliphatic rings. The van der Waals surface area contributed by atoms with Crippen molar-refractivity contribution >= 4 is 6.03 Å². The summed E-state index contributed by atoms with van der Waals surface area (Å²) in [6.07, 6.45) is 1.74. The van der Waals surface area contributed by atoms with Crippen LogP contribution in [0.1, 0.15) is 11.3 Å². The maximum absolute atomic E-state index is 11.2. The van der Waals surface area contributed by atoms with Crippen molar-refractivity contribution in [1.29, 1.82) is 0 Å². The third-order valence-corrected chi connectivity index (χ3v) is 1.80. The number of hydrogen-bond acceptors (Lipinski definition) is 2. The van der Waals surface area contributed by atoms with E-state index in [0.29, 0.717) is 6.54 Å². The van der Waals surface area contributed by atoms with Gasteiger partial charge in [0.2, 0.25) is 0 Å². The molecule has 1 heterocycles. The minimum absolute atomic E-state index is 0.103. The number of nitrogens with one attached hydrogen (secondary N) is 1. The molecule has 1 N–H and O–H groups in total. The monoisotopic (exact) mass is 193 g/mol. The van der Waals surface area contributed by atoms with Crippen LogP contribution in [0.2, 0.25) is 0 Å². The maximum atomic E-state index is 11.2. The number of amides is 2. The minimum atomic E-state index is -0.103. The van der Waals surface area contributed by atoms with E-state index in [1.54, 1.807) is 20.3 Å². The molecule has 1 aromatic heterocycles. The van der Waals surface area contributed by atoms with Gasteiger partial charge in [0.25, 0.3) is 0 Å². The number of urea groups is 1. The van der Waals surface area contributed by atoms with Crippen LogP contribution in [0.5, 0.6) is 0 Å². The molecule has 0 bridgehead atoms. The Morgan fingerprint density at radius 3 is 2.86 bits per heavy atom. The van der Waals surface area contributed by atoms with Crippen LogP contribution in [0.25, 0.3) is 0 Å². The Balaban J connectivity index is 2.50. The molecule has 76 valence electrons. The van der Waals surface area contributed by atoms with Crippen molar-refractivity contribution in [2.45, 2.75) is 13.5 Å². The normalized spacial score (nSPS) is 9.64. The Kier molecular flexibility index (Phi) is 3.45. The standard InChI is InChI=1S/C10H15N3O/c1-8-4-5-11-9(6-8)7-12-10(14)13(2)3/h4-6H,7H2,1-3H3,(H,12,14). The third kappa shape index (κ3) is 3.05. The zero-order valence-corrected chi connectivity index (χ0v) is 8.74. The summed E-state index contributed by atoms with van der Waals surface area (Å²) in [7, 11) is 3.41. The lowest BCUT2D eigenvalue weighted by molar-refractivity contribution is 0.217. The molecule has 0 unspecified atom stereocenters. The Bertz CT molecular complexity index is 323. The molecule has 0 aromatic carbocycles. The highest BCUT2D eigenvalue weighted by Crippen LogP contribution is 1.99. The molecule has 4 nitrogen and oxygen atoms in total. The fourth-order valence-corrected chi connectivity index (χ4v) is 1.02. The predicted octanol–water partition coefficient (Wildman–Crippen LogP) is 1.16. The smallest absolute Gasteiger partial charge is 0.317 e. The predicted molar refractivity (Wildman–Crippen MR) is 54.9 cm³/mol. The molecule has 2 amide bonds. The number of rotatable bonds is 2. The van der Waals surface area contributed by atoms with Crippen molar-refractivity contribution < 1.29 is 4.79 Å². The topological polar surface area (TPSA) is 45.2 Å². The van der Waals surface area contributed by atoms with Gasteiger partial charge in [-0.2, -0.15) is 0 Å². The zero-order chi connectivity index (χ0) is 10.6. The Labute approximate surface area is 83.9 Å². The van der Waals surface area contributed by atoms with Gasteiger partial charge in [-0.3, -0.25) is 4.98 Å². The van der Waals surface area contributed by atoms with E-state index >= 15 is 0 Å². The Morgan fingerprint density at radius 1 is 1.57 bits per heavy atom. The van der Waals surface area contributed by atoms with Crippen molar-refractivity contribution in [2.75, 3.05) is 14.1 Å². The average Bonchev–Trinajstić information content (AvgIpc) is 2.14. The number of carbonyl (C=O) groups is 1. The average molecular weight is 193 g/mol. The van der Waals surface area contributed by atoms with Gasteiger partial charge in [-0.05, 0) is 24.6 Å². The molecule has 0 saturated heterocycles. The van der Waals surface area contributed by atoms with Gasteiger partial charge < -0.3 is 10.2 Å². The summed E-state index contributed by atoms with van der Waals surface area (Å²) in [6, 6.07) is 3.78. The van der Waals surface area contributed by atoms with Gasteiger partial charge >= 0.3 is 6.03 Å². The number of carbonyl (C=O) groups excluding carboxylic acids is 1. The SMILES string of the molecule is Cc1ccnc(CNC(=O)N(C)C)c1. The van der Waals surface area contributed by atoms with Gasteiger partial charge in [0.15, 0.2) is 0 Å². The van der Waals surface area contributed by atoms with E-state index in [1.165, 1.54) is 4.90 Å². The zero-order valence-electron chi connectivity index (χ0n) is 8.74. The van der Waals surface area contributed by atoms with E-state index in [2.05, 4.69) is 10.3 Å². The van der Waals surface area contributed by atoms with Crippen molar-refractivity contribution in [3.05, 3.63) is 29.6 Å². The molecule has 0 saturated carbocycles. The molecule has 4 heteroatoms. The van der Waals surface area contributed by atoms with Crippen LogP contribution in [0.15, 0.2) is 18.3 Å². The molecule has 0 spiro atoms. The highest BCUT2D eigenvalue weighted by molar-refractivity contribution is 5.73. The van der Waals surface area contributed by atoms with Crippen molar-refractivity contribution in [3.63, 3.8) is 0 Å². The largest absolute Gasteiger partial charge is 0.332 e. The summed E-state index contributed by atoms with van der Waals surface area (Å²) in [5.74, 6) is 0. The van der Waals surface area contributed by atoms with Gasteiger partial charge in [-0.25, -0.2) is 4.79 Å².